The molecule has 1 unspecified atom stereocenters. The summed E-state index contributed by atoms with van der Waals surface area (Å²) in [5, 5.41) is 8.99. The summed E-state index contributed by atoms with van der Waals surface area (Å²) in [6.45, 7) is 5.00. The third-order valence-corrected chi connectivity index (χ3v) is 2.59. The van der Waals surface area contributed by atoms with Crippen molar-refractivity contribution in [3.63, 3.8) is 0 Å². The highest BCUT2D eigenvalue weighted by Gasteiger charge is 2.38. The lowest BCUT2D eigenvalue weighted by Crippen LogP contribution is -2.52. The van der Waals surface area contributed by atoms with Crippen molar-refractivity contribution in [2.75, 3.05) is 13.2 Å². The average Bonchev–Trinajstić information content (AvgIpc) is 2.14. The first-order chi connectivity index (χ1) is 7.07. The van der Waals surface area contributed by atoms with Crippen LogP contribution in [0.3, 0.4) is 0 Å². The molecule has 0 aromatic carbocycles. The Morgan fingerprint density at radius 2 is 2.20 bits per heavy atom. The zero-order chi connectivity index (χ0) is 11.3. The Hall–Kier alpha value is -0.610. The summed E-state index contributed by atoms with van der Waals surface area (Å²) in [4.78, 5) is 10.9. The first-order valence-corrected chi connectivity index (χ1v) is 5.56. The topological polar surface area (TPSA) is 55.8 Å². The Balaban J connectivity index is 2.33. The van der Waals surface area contributed by atoms with Crippen LogP contribution in [0.2, 0.25) is 0 Å². The van der Waals surface area contributed by atoms with Crippen molar-refractivity contribution in [2.24, 2.45) is 0 Å². The minimum absolute atomic E-state index is 0.380. The molecule has 0 saturated carbocycles. The molecule has 1 N–H and O–H groups in total. The van der Waals surface area contributed by atoms with Crippen molar-refractivity contribution in [2.45, 2.75) is 51.2 Å². The normalized spacial score (nSPS) is 20.7. The van der Waals surface area contributed by atoms with Gasteiger partial charge in [-0.05, 0) is 13.3 Å². The maximum Gasteiger partial charge on any atom is 0.332 e. The monoisotopic (exact) mass is 216 g/mol. The fraction of sp³-hybridized carbons (Fsp3) is 0.909. The zero-order valence-corrected chi connectivity index (χ0v) is 9.49. The zero-order valence-electron chi connectivity index (χ0n) is 9.49. The number of carbonyl (C=O) groups is 1. The van der Waals surface area contributed by atoms with Crippen molar-refractivity contribution >= 4 is 5.97 Å². The van der Waals surface area contributed by atoms with Gasteiger partial charge in [0.05, 0.1) is 13.2 Å². The van der Waals surface area contributed by atoms with Gasteiger partial charge in [0.15, 0.2) is 6.10 Å². The molecule has 4 nitrogen and oxygen atoms in total. The van der Waals surface area contributed by atoms with Crippen LogP contribution < -0.4 is 0 Å². The summed E-state index contributed by atoms with van der Waals surface area (Å²) in [5.74, 6) is -0.862. The molecular weight excluding hydrogens is 196 g/mol. The van der Waals surface area contributed by atoms with Gasteiger partial charge >= 0.3 is 5.97 Å². The Morgan fingerprint density at radius 3 is 2.60 bits per heavy atom. The molecule has 1 saturated heterocycles. The van der Waals surface area contributed by atoms with E-state index >= 15 is 0 Å². The minimum Gasteiger partial charge on any atom is -0.479 e. The highest BCUT2D eigenvalue weighted by Crippen LogP contribution is 2.24. The van der Waals surface area contributed by atoms with Gasteiger partial charge in [-0.15, -0.1) is 0 Å². The molecule has 0 spiro atoms. The number of carboxylic acids is 1. The summed E-state index contributed by atoms with van der Waals surface area (Å²) in [6.07, 6.45) is 2.97. The molecule has 4 heteroatoms. The van der Waals surface area contributed by atoms with Crippen molar-refractivity contribution in [3.05, 3.63) is 0 Å². The summed E-state index contributed by atoms with van der Waals surface area (Å²) < 4.78 is 10.6. The lowest BCUT2D eigenvalue weighted by Gasteiger charge is -2.39. The first-order valence-electron chi connectivity index (χ1n) is 5.56. The molecule has 1 atom stereocenters. The number of ether oxygens (including phenoxy) is 2. The Kier molecular flexibility index (Phi) is 4.54. The summed E-state index contributed by atoms with van der Waals surface area (Å²) in [5.41, 5.74) is -0.380. The van der Waals surface area contributed by atoms with Gasteiger partial charge in [0.2, 0.25) is 0 Å². The third kappa shape index (κ3) is 3.80. The molecule has 0 radical (unpaired) electrons. The SMILES string of the molecule is CCCCCC(OC1(C)COC1)C(=O)O. The first kappa shape index (κ1) is 12.5. The van der Waals surface area contributed by atoms with E-state index in [-0.39, 0.29) is 5.60 Å². The van der Waals surface area contributed by atoms with E-state index in [1.54, 1.807) is 0 Å². The molecule has 0 aliphatic carbocycles. The highest BCUT2D eigenvalue weighted by molar-refractivity contribution is 5.72. The highest BCUT2D eigenvalue weighted by atomic mass is 16.6. The second-order valence-electron chi connectivity index (χ2n) is 4.38. The fourth-order valence-corrected chi connectivity index (χ4v) is 1.61. The quantitative estimate of drug-likeness (QED) is 0.659. The van der Waals surface area contributed by atoms with Crippen LogP contribution in [0.4, 0.5) is 0 Å². The molecule has 1 heterocycles. The van der Waals surface area contributed by atoms with Gasteiger partial charge in [0.1, 0.15) is 5.60 Å². The van der Waals surface area contributed by atoms with Gasteiger partial charge in [-0.3, -0.25) is 0 Å². The lowest BCUT2D eigenvalue weighted by atomic mass is 10.0. The predicted molar refractivity (Wildman–Crippen MR) is 55.9 cm³/mol. The standard InChI is InChI=1S/C11H20O4/c1-3-4-5-6-9(10(12)13)15-11(2)7-14-8-11/h9H,3-8H2,1-2H3,(H,12,13). The summed E-state index contributed by atoms with van der Waals surface area (Å²) in [7, 11) is 0. The van der Waals surface area contributed by atoms with Crippen LogP contribution >= 0.6 is 0 Å². The molecule has 15 heavy (non-hydrogen) atoms. The van der Waals surface area contributed by atoms with Crippen molar-refractivity contribution in [3.8, 4) is 0 Å². The van der Waals surface area contributed by atoms with Crippen LogP contribution in [-0.4, -0.2) is 36.0 Å². The van der Waals surface area contributed by atoms with E-state index in [0.29, 0.717) is 19.6 Å². The lowest BCUT2D eigenvalue weighted by molar-refractivity contribution is -0.226. The molecule has 1 rings (SSSR count). The van der Waals surface area contributed by atoms with Crippen molar-refractivity contribution in [1.29, 1.82) is 0 Å². The maximum absolute atomic E-state index is 10.9. The van der Waals surface area contributed by atoms with E-state index in [1.807, 2.05) is 6.92 Å². The predicted octanol–water partition coefficient (Wildman–Crippen LogP) is 1.83. The van der Waals surface area contributed by atoms with E-state index in [2.05, 4.69) is 6.92 Å². The largest absolute Gasteiger partial charge is 0.479 e. The number of hydrogen-bond donors (Lipinski definition) is 1. The molecule has 1 aliphatic heterocycles. The molecule has 0 bridgehead atoms. The van der Waals surface area contributed by atoms with Gasteiger partial charge in [0.25, 0.3) is 0 Å². The van der Waals surface area contributed by atoms with Gasteiger partial charge in [-0.2, -0.15) is 0 Å². The average molecular weight is 216 g/mol. The van der Waals surface area contributed by atoms with Crippen LogP contribution in [0.1, 0.15) is 39.5 Å². The van der Waals surface area contributed by atoms with E-state index in [1.165, 1.54) is 0 Å². The molecule has 0 amide bonds. The second-order valence-corrected chi connectivity index (χ2v) is 4.38. The Bertz CT molecular complexity index is 211. The summed E-state index contributed by atoms with van der Waals surface area (Å²) >= 11 is 0. The second kappa shape index (κ2) is 5.47. The Morgan fingerprint density at radius 1 is 1.53 bits per heavy atom. The van der Waals surface area contributed by atoms with Crippen molar-refractivity contribution < 1.29 is 19.4 Å². The van der Waals surface area contributed by atoms with Crippen LogP contribution in [0.5, 0.6) is 0 Å². The maximum atomic E-state index is 10.9. The van der Waals surface area contributed by atoms with Gasteiger partial charge in [0, 0.05) is 0 Å². The van der Waals surface area contributed by atoms with Gasteiger partial charge < -0.3 is 14.6 Å². The molecule has 0 aromatic rings. The Labute approximate surface area is 90.6 Å². The minimum atomic E-state index is -0.862. The van der Waals surface area contributed by atoms with E-state index in [0.717, 1.165) is 19.3 Å². The van der Waals surface area contributed by atoms with Crippen molar-refractivity contribution in [1.82, 2.24) is 0 Å². The smallest absolute Gasteiger partial charge is 0.332 e. The number of carboxylic acid groups (broad SMARTS) is 1. The number of rotatable bonds is 7. The fourth-order valence-electron chi connectivity index (χ4n) is 1.61. The molecule has 88 valence electrons. The third-order valence-electron chi connectivity index (χ3n) is 2.59. The number of hydrogen-bond acceptors (Lipinski definition) is 3. The number of aliphatic carboxylic acids is 1. The van der Waals surface area contributed by atoms with Crippen LogP contribution in [0, 0.1) is 0 Å². The number of unbranched alkanes of at least 4 members (excludes halogenated alkanes) is 2. The molecular formula is C11H20O4. The van der Waals surface area contributed by atoms with E-state index in [9.17, 15) is 4.79 Å². The van der Waals surface area contributed by atoms with E-state index < -0.39 is 12.1 Å². The molecule has 1 aliphatic rings. The molecule has 1 fully saturated rings. The van der Waals surface area contributed by atoms with E-state index in [4.69, 9.17) is 14.6 Å². The molecule has 0 aromatic heterocycles. The van der Waals surface area contributed by atoms with Crippen LogP contribution in [0.25, 0.3) is 0 Å². The van der Waals surface area contributed by atoms with Gasteiger partial charge in [-0.1, -0.05) is 26.2 Å². The summed E-state index contributed by atoms with van der Waals surface area (Å²) in [6, 6.07) is 0. The van der Waals surface area contributed by atoms with Gasteiger partial charge in [-0.25, -0.2) is 4.79 Å². The van der Waals surface area contributed by atoms with Crippen LogP contribution in [0.15, 0.2) is 0 Å². The van der Waals surface area contributed by atoms with Crippen LogP contribution in [-0.2, 0) is 14.3 Å².